The molecule has 2 N–H and O–H groups in total. The second-order valence-electron chi connectivity index (χ2n) is 7.14. The van der Waals surface area contributed by atoms with Crippen molar-refractivity contribution in [2.45, 2.75) is 12.1 Å². The van der Waals surface area contributed by atoms with E-state index in [0.29, 0.717) is 40.3 Å². The highest BCUT2D eigenvalue weighted by Crippen LogP contribution is 2.24. The molecule has 2 heterocycles. The van der Waals surface area contributed by atoms with Gasteiger partial charge in [-0.15, -0.1) is 10.2 Å². The summed E-state index contributed by atoms with van der Waals surface area (Å²) in [6, 6.07) is 17.5. The monoisotopic (exact) mass is 477 g/mol. The fourth-order valence-electron chi connectivity index (χ4n) is 3.17. The van der Waals surface area contributed by atoms with E-state index in [2.05, 4.69) is 20.8 Å². The van der Waals surface area contributed by atoms with Gasteiger partial charge in [-0.1, -0.05) is 23.9 Å². The van der Waals surface area contributed by atoms with Gasteiger partial charge in [0.1, 0.15) is 5.75 Å². The predicted molar refractivity (Wildman–Crippen MR) is 130 cm³/mol. The van der Waals surface area contributed by atoms with E-state index >= 15 is 0 Å². The highest BCUT2D eigenvalue weighted by atomic mass is 32.2. The van der Waals surface area contributed by atoms with E-state index in [1.54, 1.807) is 78.5 Å². The largest absolute Gasteiger partial charge is 0.494 e. The first-order chi connectivity index (χ1) is 16.5. The molecule has 0 unspecified atom stereocenters. The molecule has 0 saturated carbocycles. The molecule has 174 valence electrons. The number of nitrogens with zero attached hydrogens (tertiary/aromatic N) is 3. The third kappa shape index (κ3) is 5.46. The maximum absolute atomic E-state index is 12.8. The van der Waals surface area contributed by atoms with Crippen molar-refractivity contribution in [3.8, 4) is 17.3 Å². The number of hydrogen-bond acceptors (Lipinski definition) is 7. The van der Waals surface area contributed by atoms with Gasteiger partial charge in [-0.25, -0.2) is 0 Å². The standard InChI is InChI=1S/C24H23N5O4S/c1-3-32-17-12-10-16(11-13-17)25-23(31)18-7-4-5-8-19(18)26-21(30)15-34-24-28-27-22(29(24)2)20-9-6-14-33-20/h4-14H,3,15H2,1-2H3,(H,25,31)(H,26,30). The molecule has 0 atom stereocenters. The second kappa shape index (κ2) is 10.7. The molecule has 2 amide bonds. The summed E-state index contributed by atoms with van der Waals surface area (Å²) in [5.41, 5.74) is 1.40. The van der Waals surface area contributed by atoms with E-state index in [-0.39, 0.29) is 17.6 Å². The quantitative estimate of drug-likeness (QED) is 0.342. The van der Waals surface area contributed by atoms with E-state index < -0.39 is 0 Å². The van der Waals surface area contributed by atoms with Crippen LogP contribution in [0.3, 0.4) is 0 Å². The molecule has 4 aromatic rings. The summed E-state index contributed by atoms with van der Waals surface area (Å²) in [4.78, 5) is 25.4. The van der Waals surface area contributed by atoms with Gasteiger partial charge in [-0.3, -0.25) is 9.59 Å². The van der Waals surface area contributed by atoms with Crippen LogP contribution in [0.15, 0.2) is 76.5 Å². The van der Waals surface area contributed by atoms with Crippen LogP contribution < -0.4 is 15.4 Å². The van der Waals surface area contributed by atoms with Gasteiger partial charge in [0, 0.05) is 12.7 Å². The Morgan fingerprint density at radius 1 is 1.03 bits per heavy atom. The molecule has 9 nitrogen and oxygen atoms in total. The molecule has 10 heteroatoms. The Balaban J connectivity index is 1.38. The first kappa shape index (κ1) is 23.1. The van der Waals surface area contributed by atoms with Crippen LogP contribution in [0, 0.1) is 0 Å². The minimum Gasteiger partial charge on any atom is -0.494 e. The number of carbonyl (C=O) groups excluding carboxylic acids is 2. The molecule has 0 fully saturated rings. The fraction of sp³-hybridized carbons (Fsp3) is 0.167. The normalized spacial score (nSPS) is 10.6. The third-order valence-corrected chi connectivity index (χ3v) is 5.80. The summed E-state index contributed by atoms with van der Waals surface area (Å²) < 4.78 is 12.5. The highest BCUT2D eigenvalue weighted by molar-refractivity contribution is 7.99. The number of thioether (sulfide) groups is 1. The number of aromatic nitrogens is 3. The van der Waals surface area contributed by atoms with Crippen molar-refractivity contribution in [2.75, 3.05) is 23.0 Å². The first-order valence-corrected chi connectivity index (χ1v) is 11.5. The number of amides is 2. The van der Waals surface area contributed by atoms with E-state index in [9.17, 15) is 9.59 Å². The van der Waals surface area contributed by atoms with Gasteiger partial charge in [0.2, 0.25) is 5.91 Å². The molecule has 4 rings (SSSR count). The Labute approximate surface area is 200 Å². The number of para-hydroxylation sites is 1. The highest BCUT2D eigenvalue weighted by Gasteiger charge is 2.17. The Kier molecular flexibility index (Phi) is 7.28. The summed E-state index contributed by atoms with van der Waals surface area (Å²) in [7, 11) is 1.80. The van der Waals surface area contributed by atoms with Crippen molar-refractivity contribution in [1.29, 1.82) is 0 Å². The van der Waals surface area contributed by atoms with Gasteiger partial charge in [0.15, 0.2) is 16.7 Å². The molecule has 2 aromatic heterocycles. The van der Waals surface area contributed by atoms with Crippen molar-refractivity contribution in [3.63, 3.8) is 0 Å². The van der Waals surface area contributed by atoms with Crippen LogP contribution in [0.2, 0.25) is 0 Å². The van der Waals surface area contributed by atoms with Gasteiger partial charge in [0.25, 0.3) is 5.91 Å². The predicted octanol–water partition coefficient (Wildman–Crippen LogP) is 4.46. The summed E-state index contributed by atoms with van der Waals surface area (Å²) in [5, 5.41) is 14.5. The minimum atomic E-state index is -0.330. The van der Waals surface area contributed by atoms with E-state index in [4.69, 9.17) is 9.15 Å². The fourth-order valence-corrected chi connectivity index (χ4v) is 3.88. The van der Waals surface area contributed by atoms with Gasteiger partial charge in [0.05, 0.1) is 29.9 Å². The average molecular weight is 478 g/mol. The Morgan fingerprint density at radius 3 is 2.56 bits per heavy atom. The topological polar surface area (TPSA) is 111 Å². The van der Waals surface area contributed by atoms with Crippen LogP contribution in [0.5, 0.6) is 5.75 Å². The number of hydrogen-bond donors (Lipinski definition) is 2. The van der Waals surface area contributed by atoms with Crippen molar-refractivity contribution in [2.24, 2.45) is 7.05 Å². The molecular formula is C24H23N5O4S. The molecule has 0 radical (unpaired) electrons. The number of benzene rings is 2. The Morgan fingerprint density at radius 2 is 1.82 bits per heavy atom. The number of furan rings is 1. The van der Waals surface area contributed by atoms with Crippen LogP contribution >= 0.6 is 11.8 Å². The number of rotatable bonds is 9. The average Bonchev–Trinajstić information content (AvgIpc) is 3.49. The molecule has 0 aliphatic carbocycles. The molecule has 34 heavy (non-hydrogen) atoms. The lowest BCUT2D eigenvalue weighted by Crippen LogP contribution is -2.19. The Hall–Kier alpha value is -4.05. The van der Waals surface area contributed by atoms with Gasteiger partial charge >= 0.3 is 0 Å². The van der Waals surface area contributed by atoms with Gasteiger partial charge in [-0.2, -0.15) is 0 Å². The minimum absolute atomic E-state index is 0.0962. The van der Waals surface area contributed by atoms with Gasteiger partial charge in [-0.05, 0) is 55.5 Å². The van der Waals surface area contributed by atoms with Crippen LogP contribution in [-0.2, 0) is 11.8 Å². The van der Waals surface area contributed by atoms with Crippen LogP contribution in [-0.4, -0.2) is 38.9 Å². The molecule has 0 bridgehead atoms. The van der Waals surface area contributed by atoms with Crippen molar-refractivity contribution in [3.05, 3.63) is 72.5 Å². The van der Waals surface area contributed by atoms with Crippen molar-refractivity contribution in [1.82, 2.24) is 14.8 Å². The summed E-state index contributed by atoms with van der Waals surface area (Å²) in [5.74, 6) is 1.39. The zero-order valence-corrected chi connectivity index (χ0v) is 19.5. The molecule has 0 aliphatic heterocycles. The SMILES string of the molecule is CCOc1ccc(NC(=O)c2ccccc2NC(=O)CSc2nnc(-c3ccco3)n2C)cc1. The van der Waals surface area contributed by atoms with Crippen LogP contribution in [0.4, 0.5) is 11.4 Å². The summed E-state index contributed by atoms with van der Waals surface area (Å²) >= 11 is 1.24. The van der Waals surface area contributed by atoms with Crippen molar-refractivity contribution >= 4 is 35.0 Å². The lowest BCUT2D eigenvalue weighted by Gasteiger charge is -2.12. The molecule has 2 aromatic carbocycles. The number of carbonyl (C=O) groups is 2. The van der Waals surface area contributed by atoms with E-state index in [0.717, 1.165) is 5.75 Å². The first-order valence-electron chi connectivity index (χ1n) is 10.5. The van der Waals surface area contributed by atoms with Crippen LogP contribution in [0.25, 0.3) is 11.6 Å². The lowest BCUT2D eigenvalue weighted by atomic mass is 10.1. The number of anilines is 2. The molecule has 0 spiro atoms. The number of nitrogens with one attached hydrogen (secondary N) is 2. The van der Waals surface area contributed by atoms with Crippen LogP contribution in [0.1, 0.15) is 17.3 Å². The maximum Gasteiger partial charge on any atom is 0.257 e. The summed E-state index contributed by atoms with van der Waals surface area (Å²) in [6.45, 7) is 2.48. The van der Waals surface area contributed by atoms with Crippen molar-refractivity contribution < 1.29 is 18.7 Å². The van der Waals surface area contributed by atoms with E-state index in [1.807, 2.05) is 6.92 Å². The van der Waals surface area contributed by atoms with Gasteiger partial charge < -0.3 is 24.4 Å². The molecule has 0 aliphatic rings. The number of ether oxygens (including phenoxy) is 1. The molecule has 0 saturated heterocycles. The maximum atomic E-state index is 12.8. The zero-order valence-electron chi connectivity index (χ0n) is 18.6. The summed E-state index contributed by atoms with van der Waals surface area (Å²) in [6.07, 6.45) is 1.56. The Bertz CT molecular complexity index is 1270. The third-order valence-electron chi connectivity index (χ3n) is 4.78. The zero-order chi connectivity index (χ0) is 23.9. The second-order valence-corrected chi connectivity index (χ2v) is 8.08. The van der Waals surface area contributed by atoms with E-state index in [1.165, 1.54) is 11.8 Å². The lowest BCUT2D eigenvalue weighted by molar-refractivity contribution is -0.113. The molecular weight excluding hydrogens is 454 g/mol. The smallest absolute Gasteiger partial charge is 0.257 e.